The lowest BCUT2D eigenvalue weighted by atomic mass is 10.0. The van der Waals surface area contributed by atoms with Crippen LogP contribution in [0, 0.1) is 43.7 Å². The molecule has 2 aromatic rings. The third-order valence-corrected chi connectivity index (χ3v) is 3.58. The number of nitrogens with one attached hydrogen (secondary N) is 2. The Hall–Kier alpha value is -3.20. The number of amides is 1. The standard InChI is InChI=1S/C19H17F2N3O/c1-11-6-12(2)18(13(3)7-11)24-19(25)14(9-22)10-23-17-8-15(20)4-5-16(17)21/h4-8,10,23H,1-3H3,(H,24,25)/b14-10-. The molecular formula is C19H17F2N3O. The Morgan fingerprint density at radius 1 is 1.12 bits per heavy atom. The monoisotopic (exact) mass is 341 g/mol. The normalized spacial score (nSPS) is 11.0. The van der Waals surface area contributed by atoms with E-state index in [0.717, 1.165) is 41.1 Å². The number of halogens is 2. The van der Waals surface area contributed by atoms with Gasteiger partial charge in [0.15, 0.2) is 0 Å². The van der Waals surface area contributed by atoms with Crippen LogP contribution in [-0.4, -0.2) is 5.91 Å². The van der Waals surface area contributed by atoms with E-state index in [-0.39, 0.29) is 11.3 Å². The third-order valence-electron chi connectivity index (χ3n) is 3.58. The molecule has 0 spiro atoms. The molecule has 0 saturated carbocycles. The molecule has 2 rings (SSSR count). The number of anilines is 2. The number of carbonyl (C=O) groups excluding carboxylic acids is 1. The number of rotatable bonds is 4. The zero-order valence-electron chi connectivity index (χ0n) is 14.1. The van der Waals surface area contributed by atoms with E-state index in [1.165, 1.54) is 0 Å². The number of nitrogens with zero attached hydrogens (tertiary/aromatic N) is 1. The molecule has 2 aromatic carbocycles. The molecule has 0 fully saturated rings. The van der Waals surface area contributed by atoms with Crippen LogP contribution in [0.5, 0.6) is 0 Å². The van der Waals surface area contributed by atoms with Gasteiger partial charge in [0.2, 0.25) is 0 Å². The minimum atomic E-state index is -0.694. The molecular weight excluding hydrogens is 324 g/mol. The summed E-state index contributed by atoms with van der Waals surface area (Å²) in [5, 5.41) is 14.3. The van der Waals surface area contributed by atoms with Crippen LogP contribution in [0.1, 0.15) is 16.7 Å². The van der Waals surface area contributed by atoms with E-state index < -0.39 is 17.5 Å². The Bertz CT molecular complexity index is 875. The molecule has 4 nitrogen and oxygen atoms in total. The number of hydrogen-bond donors (Lipinski definition) is 2. The number of aryl methyl sites for hydroxylation is 3. The molecule has 1 amide bonds. The maximum Gasteiger partial charge on any atom is 0.267 e. The topological polar surface area (TPSA) is 64.9 Å². The van der Waals surface area contributed by atoms with E-state index in [0.29, 0.717) is 5.69 Å². The summed E-state index contributed by atoms with van der Waals surface area (Å²) >= 11 is 0. The Morgan fingerprint density at radius 3 is 2.36 bits per heavy atom. The van der Waals surface area contributed by atoms with E-state index >= 15 is 0 Å². The molecule has 0 aliphatic carbocycles. The van der Waals surface area contributed by atoms with Gasteiger partial charge in [0.05, 0.1) is 5.69 Å². The lowest BCUT2D eigenvalue weighted by Gasteiger charge is -2.12. The second kappa shape index (κ2) is 7.58. The van der Waals surface area contributed by atoms with Gasteiger partial charge in [-0.05, 0) is 44.0 Å². The fourth-order valence-corrected chi connectivity index (χ4v) is 2.46. The molecule has 0 atom stereocenters. The van der Waals surface area contributed by atoms with Crippen molar-refractivity contribution in [3.63, 3.8) is 0 Å². The summed E-state index contributed by atoms with van der Waals surface area (Å²) in [6, 6.07) is 8.45. The molecule has 0 aromatic heterocycles. The van der Waals surface area contributed by atoms with Crippen LogP contribution in [0.25, 0.3) is 0 Å². The van der Waals surface area contributed by atoms with Crippen LogP contribution in [-0.2, 0) is 4.79 Å². The van der Waals surface area contributed by atoms with Gasteiger partial charge in [-0.25, -0.2) is 8.78 Å². The van der Waals surface area contributed by atoms with E-state index in [1.54, 1.807) is 6.07 Å². The first kappa shape index (κ1) is 18.1. The van der Waals surface area contributed by atoms with Gasteiger partial charge >= 0.3 is 0 Å². The van der Waals surface area contributed by atoms with Gasteiger partial charge in [-0.1, -0.05) is 17.7 Å². The Kier molecular flexibility index (Phi) is 5.50. The van der Waals surface area contributed by atoms with Crippen molar-refractivity contribution in [2.75, 3.05) is 10.6 Å². The first-order valence-corrected chi connectivity index (χ1v) is 7.53. The maximum absolute atomic E-state index is 13.6. The minimum absolute atomic E-state index is 0.164. The average molecular weight is 341 g/mol. The molecule has 25 heavy (non-hydrogen) atoms. The molecule has 0 aliphatic heterocycles. The maximum atomic E-state index is 13.6. The van der Waals surface area contributed by atoms with Crippen molar-refractivity contribution < 1.29 is 13.6 Å². The summed E-state index contributed by atoms with van der Waals surface area (Å²) in [5.41, 5.74) is 2.99. The average Bonchev–Trinajstić information content (AvgIpc) is 2.54. The first-order valence-electron chi connectivity index (χ1n) is 7.53. The second-order valence-corrected chi connectivity index (χ2v) is 5.67. The summed E-state index contributed by atoms with van der Waals surface area (Å²) in [4.78, 5) is 12.3. The predicted molar refractivity (Wildman–Crippen MR) is 93.0 cm³/mol. The van der Waals surface area contributed by atoms with Crippen molar-refractivity contribution >= 4 is 17.3 Å². The molecule has 0 aliphatic rings. The number of nitriles is 1. The molecule has 0 bridgehead atoms. The highest BCUT2D eigenvalue weighted by Gasteiger charge is 2.13. The first-order chi connectivity index (χ1) is 11.8. The van der Waals surface area contributed by atoms with E-state index in [4.69, 9.17) is 0 Å². The quantitative estimate of drug-likeness (QED) is 0.642. The minimum Gasteiger partial charge on any atom is -0.358 e. The largest absolute Gasteiger partial charge is 0.358 e. The lowest BCUT2D eigenvalue weighted by molar-refractivity contribution is -0.112. The van der Waals surface area contributed by atoms with Crippen LogP contribution >= 0.6 is 0 Å². The van der Waals surface area contributed by atoms with Gasteiger partial charge in [0.1, 0.15) is 23.3 Å². The highest BCUT2D eigenvalue weighted by atomic mass is 19.1. The number of carbonyl (C=O) groups is 1. The van der Waals surface area contributed by atoms with Gasteiger partial charge in [0.25, 0.3) is 5.91 Å². The SMILES string of the molecule is Cc1cc(C)c(NC(=O)/C(C#N)=C\Nc2cc(F)ccc2F)c(C)c1. The Morgan fingerprint density at radius 2 is 1.76 bits per heavy atom. The van der Waals surface area contributed by atoms with Gasteiger partial charge < -0.3 is 10.6 Å². The molecule has 0 saturated heterocycles. The van der Waals surface area contributed by atoms with Crippen molar-refractivity contribution in [1.29, 1.82) is 5.26 Å². The van der Waals surface area contributed by atoms with Crippen molar-refractivity contribution in [3.8, 4) is 6.07 Å². The van der Waals surface area contributed by atoms with Crippen molar-refractivity contribution in [2.24, 2.45) is 0 Å². The van der Waals surface area contributed by atoms with Crippen LogP contribution in [0.2, 0.25) is 0 Å². The van der Waals surface area contributed by atoms with Crippen LogP contribution in [0.15, 0.2) is 42.1 Å². The van der Waals surface area contributed by atoms with E-state index in [9.17, 15) is 18.8 Å². The highest BCUT2D eigenvalue weighted by molar-refractivity contribution is 6.07. The Balaban J connectivity index is 2.22. The van der Waals surface area contributed by atoms with Gasteiger partial charge in [0, 0.05) is 18.0 Å². The third kappa shape index (κ3) is 4.42. The molecule has 2 N–H and O–H groups in total. The van der Waals surface area contributed by atoms with Crippen LogP contribution in [0.3, 0.4) is 0 Å². The Labute approximate surface area is 144 Å². The summed E-state index contributed by atoms with van der Waals surface area (Å²) in [7, 11) is 0. The van der Waals surface area contributed by atoms with Gasteiger partial charge in [-0.2, -0.15) is 5.26 Å². The number of benzene rings is 2. The fraction of sp³-hybridized carbons (Fsp3) is 0.158. The smallest absolute Gasteiger partial charge is 0.267 e. The molecule has 0 radical (unpaired) electrons. The number of hydrogen-bond acceptors (Lipinski definition) is 3. The van der Waals surface area contributed by atoms with Crippen LogP contribution < -0.4 is 10.6 Å². The van der Waals surface area contributed by atoms with Gasteiger partial charge in [-0.15, -0.1) is 0 Å². The van der Waals surface area contributed by atoms with Crippen molar-refractivity contribution in [2.45, 2.75) is 20.8 Å². The molecule has 128 valence electrons. The van der Waals surface area contributed by atoms with E-state index in [1.807, 2.05) is 32.9 Å². The van der Waals surface area contributed by atoms with Crippen LogP contribution in [0.4, 0.5) is 20.2 Å². The molecule has 6 heteroatoms. The summed E-state index contributed by atoms with van der Waals surface area (Å²) in [5.74, 6) is -1.96. The highest BCUT2D eigenvalue weighted by Crippen LogP contribution is 2.22. The van der Waals surface area contributed by atoms with Crippen molar-refractivity contribution in [1.82, 2.24) is 0 Å². The summed E-state index contributed by atoms with van der Waals surface area (Å²) < 4.78 is 26.7. The zero-order valence-corrected chi connectivity index (χ0v) is 14.1. The summed E-state index contributed by atoms with van der Waals surface area (Å²) in [6.45, 7) is 5.65. The fourth-order valence-electron chi connectivity index (χ4n) is 2.46. The molecule has 0 unspecified atom stereocenters. The van der Waals surface area contributed by atoms with Crippen molar-refractivity contribution in [3.05, 3.63) is 70.4 Å². The zero-order chi connectivity index (χ0) is 18.6. The van der Waals surface area contributed by atoms with Gasteiger partial charge in [-0.3, -0.25) is 4.79 Å². The molecule has 0 heterocycles. The predicted octanol–water partition coefficient (Wildman–Crippen LogP) is 4.35. The second-order valence-electron chi connectivity index (χ2n) is 5.67. The van der Waals surface area contributed by atoms with E-state index in [2.05, 4.69) is 10.6 Å². The summed E-state index contributed by atoms with van der Waals surface area (Å²) in [6.07, 6.45) is 1.05. The lowest BCUT2D eigenvalue weighted by Crippen LogP contribution is -2.16.